The lowest BCUT2D eigenvalue weighted by Crippen LogP contribution is -2.34. The number of aliphatic hydroxyl groups is 1. The minimum Gasteiger partial charge on any atom is -0.392 e. The van der Waals surface area contributed by atoms with Crippen LogP contribution in [0.25, 0.3) is 0 Å². The van der Waals surface area contributed by atoms with Crippen LogP contribution in [-0.2, 0) is 0 Å². The molecule has 0 fully saturated rings. The fourth-order valence-corrected chi connectivity index (χ4v) is 0.885. The molecule has 0 radical (unpaired) electrons. The zero-order valence-corrected chi connectivity index (χ0v) is 7.41. The Morgan fingerprint density at radius 1 is 1.55 bits per heavy atom. The molecule has 0 aliphatic carbocycles. The zero-order chi connectivity index (χ0) is 8.85. The first-order valence-corrected chi connectivity index (χ1v) is 3.83. The highest BCUT2D eigenvalue weighted by Crippen LogP contribution is 2.00. The molecule has 0 unspecified atom stereocenters. The van der Waals surface area contributed by atoms with Gasteiger partial charge in [0.25, 0.3) is 0 Å². The number of hydrogen-bond acceptors (Lipinski definition) is 3. The summed E-state index contributed by atoms with van der Waals surface area (Å²) in [5, 5.41) is 17.4. The standard InChI is InChI=1S/C8H16N2O/c1-7(4-5-9)10(3)6-8(2)11/h7-8,11H,4,6H2,1-3H3/t7-,8+/m1/s1. The average molecular weight is 156 g/mol. The Morgan fingerprint density at radius 2 is 2.09 bits per heavy atom. The molecule has 3 nitrogen and oxygen atoms in total. The molecular formula is C8H16N2O. The Morgan fingerprint density at radius 3 is 2.45 bits per heavy atom. The van der Waals surface area contributed by atoms with Gasteiger partial charge in [-0.05, 0) is 20.9 Å². The Hall–Kier alpha value is -0.590. The maximum Gasteiger partial charge on any atom is 0.0639 e. The van der Waals surface area contributed by atoms with Gasteiger partial charge in [0.1, 0.15) is 0 Å². The van der Waals surface area contributed by atoms with Gasteiger partial charge < -0.3 is 10.0 Å². The van der Waals surface area contributed by atoms with Crippen LogP contribution in [0.3, 0.4) is 0 Å². The molecule has 0 saturated carbocycles. The summed E-state index contributed by atoms with van der Waals surface area (Å²) in [5.41, 5.74) is 0. The van der Waals surface area contributed by atoms with E-state index in [1.54, 1.807) is 6.92 Å². The molecule has 0 aromatic carbocycles. The lowest BCUT2D eigenvalue weighted by Gasteiger charge is -2.23. The molecule has 11 heavy (non-hydrogen) atoms. The SMILES string of the molecule is C[C@H](O)CN(C)[C@H](C)CC#N. The summed E-state index contributed by atoms with van der Waals surface area (Å²) >= 11 is 0. The average Bonchev–Trinajstić information content (AvgIpc) is 1.86. The van der Waals surface area contributed by atoms with Crippen molar-refractivity contribution < 1.29 is 5.11 Å². The van der Waals surface area contributed by atoms with Crippen molar-refractivity contribution in [1.29, 1.82) is 5.26 Å². The lowest BCUT2D eigenvalue weighted by atomic mass is 10.2. The van der Waals surface area contributed by atoms with E-state index in [1.165, 1.54) is 0 Å². The molecule has 64 valence electrons. The molecule has 0 aromatic heterocycles. The first kappa shape index (κ1) is 10.4. The van der Waals surface area contributed by atoms with E-state index in [0.29, 0.717) is 13.0 Å². The quantitative estimate of drug-likeness (QED) is 0.648. The van der Waals surface area contributed by atoms with Crippen molar-refractivity contribution in [3.8, 4) is 6.07 Å². The van der Waals surface area contributed by atoms with Crippen LogP contribution in [0.5, 0.6) is 0 Å². The fourth-order valence-electron chi connectivity index (χ4n) is 0.885. The Bertz CT molecular complexity index is 140. The van der Waals surface area contributed by atoms with Crippen molar-refractivity contribution in [2.45, 2.75) is 32.4 Å². The van der Waals surface area contributed by atoms with E-state index in [0.717, 1.165) is 0 Å². The molecule has 0 aromatic rings. The van der Waals surface area contributed by atoms with Gasteiger partial charge in [-0.1, -0.05) is 0 Å². The third-order valence-corrected chi connectivity index (χ3v) is 1.69. The Balaban J connectivity index is 3.65. The molecule has 0 rings (SSSR count). The van der Waals surface area contributed by atoms with Crippen molar-refractivity contribution in [3.63, 3.8) is 0 Å². The summed E-state index contributed by atoms with van der Waals surface area (Å²) in [6.45, 7) is 4.35. The van der Waals surface area contributed by atoms with E-state index < -0.39 is 0 Å². The van der Waals surface area contributed by atoms with Gasteiger partial charge in [-0.25, -0.2) is 0 Å². The number of hydrogen-bond donors (Lipinski definition) is 1. The van der Waals surface area contributed by atoms with E-state index in [2.05, 4.69) is 6.07 Å². The minimum atomic E-state index is -0.318. The van der Waals surface area contributed by atoms with E-state index in [9.17, 15) is 0 Å². The topological polar surface area (TPSA) is 47.3 Å². The molecule has 0 saturated heterocycles. The maximum atomic E-state index is 9.02. The van der Waals surface area contributed by atoms with Gasteiger partial charge in [-0.3, -0.25) is 0 Å². The van der Waals surface area contributed by atoms with Gasteiger partial charge in [0.05, 0.1) is 18.6 Å². The van der Waals surface area contributed by atoms with Gasteiger partial charge >= 0.3 is 0 Å². The van der Waals surface area contributed by atoms with E-state index in [4.69, 9.17) is 10.4 Å². The predicted octanol–water partition coefficient (Wildman–Crippen LogP) is 0.601. The first-order valence-electron chi connectivity index (χ1n) is 3.83. The highest BCUT2D eigenvalue weighted by Gasteiger charge is 2.09. The highest BCUT2D eigenvalue weighted by molar-refractivity contribution is 4.78. The highest BCUT2D eigenvalue weighted by atomic mass is 16.3. The van der Waals surface area contributed by atoms with Crippen LogP contribution in [0.1, 0.15) is 20.3 Å². The Labute approximate surface area is 68.2 Å². The number of likely N-dealkylation sites (N-methyl/N-ethyl adjacent to an activating group) is 1. The Kier molecular flexibility index (Phi) is 4.84. The second-order valence-electron chi connectivity index (χ2n) is 3.00. The first-order chi connectivity index (χ1) is 5.07. The van der Waals surface area contributed by atoms with Gasteiger partial charge in [0.15, 0.2) is 0 Å². The van der Waals surface area contributed by atoms with E-state index in [1.807, 2.05) is 18.9 Å². The van der Waals surface area contributed by atoms with Gasteiger partial charge in [-0.15, -0.1) is 0 Å². The van der Waals surface area contributed by atoms with E-state index >= 15 is 0 Å². The largest absolute Gasteiger partial charge is 0.392 e. The molecule has 0 aliphatic rings. The van der Waals surface area contributed by atoms with E-state index in [-0.39, 0.29) is 12.1 Å². The second kappa shape index (κ2) is 5.11. The number of nitriles is 1. The summed E-state index contributed by atoms with van der Waals surface area (Å²) in [7, 11) is 1.91. The van der Waals surface area contributed by atoms with Crippen LogP contribution in [0.4, 0.5) is 0 Å². The fraction of sp³-hybridized carbons (Fsp3) is 0.875. The smallest absolute Gasteiger partial charge is 0.0639 e. The van der Waals surface area contributed by atoms with Gasteiger partial charge in [0, 0.05) is 12.6 Å². The molecule has 0 heterocycles. The molecule has 0 aliphatic heterocycles. The third-order valence-electron chi connectivity index (χ3n) is 1.69. The third kappa shape index (κ3) is 4.77. The monoisotopic (exact) mass is 156 g/mol. The van der Waals surface area contributed by atoms with Crippen LogP contribution in [0, 0.1) is 11.3 Å². The molecule has 1 N–H and O–H groups in total. The molecular weight excluding hydrogens is 140 g/mol. The summed E-state index contributed by atoms with van der Waals surface area (Å²) < 4.78 is 0. The molecule has 0 amide bonds. The van der Waals surface area contributed by atoms with Crippen LogP contribution in [0.2, 0.25) is 0 Å². The molecule has 2 atom stereocenters. The van der Waals surface area contributed by atoms with Gasteiger partial charge in [0.2, 0.25) is 0 Å². The molecule has 0 bridgehead atoms. The summed E-state index contributed by atoms with van der Waals surface area (Å²) in [4.78, 5) is 1.98. The summed E-state index contributed by atoms with van der Waals surface area (Å²) in [6.07, 6.45) is 0.199. The van der Waals surface area contributed by atoms with Crippen LogP contribution in [-0.4, -0.2) is 35.7 Å². The van der Waals surface area contributed by atoms with Crippen molar-refractivity contribution >= 4 is 0 Å². The van der Waals surface area contributed by atoms with Crippen molar-refractivity contribution in [2.24, 2.45) is 0 Å². The lowest BCUT2D eigenvalue weighted by molar-refractivity contribution is 0.122. The predicted molar refractivity (Wildman–Crippen MR) is 44.0 cm³/mol. The summed E-state index contributed by atoms with van der Waals surface area (Å²) in [5.74, 6) is 0. The van der Waals surface area contributed by atoms with Gasteiger partial charge in [-0.2, -0.15) is 5.26 Å². The number of rotatable bonds is 4. The number of aliphatic hydroxyl groups excluding tert-OH is 1. The van der Waals surface area contributed by atoms with Crippen molar-refractivity contribution in [2.75, 3.05) is 13.6 Å². The van der Waals surface area contributed by atoms with Crippen molar-refractivity contribution in [1.82, 2.24) is 4.90 Å². The summed E-state index contributed by atoms with van der Waals surface area (Å²) in [6, 6.07) is 2.33. The normalized spacial score (nSPS) is 16.0. The maximum absolute atomic E-state index is 9.02. The second-order valence-corrected chi connectivity index (χ2v) is 3.00. The molecule has 3 heteroatoms. The van der Waals surface area contributed by atoms with Crippen LogP contribution in [0.15, 0.2) is 0 Å². The molecule has 0 spiro atoms. The van der Waals surface area contributed by atoms with Crippen LogP contribution < -0.4 is 0 Å². The van der Waals surface area contributed by atoms with Crippen LogP contribution >= 0.6 is 0 Å². The minimum absolute atomic E-state index is 0.231. The number of nitrogens with zero attached hydrogens (tertiary/aromatic N) is 2. The zero-order valence-electron chi connectivity index (χ0n) is 7.41. The van der Waals surface area contributed by atoms with Crippen molar-refractivity contribution in [3.05, 3.63) is 0 Å².